The molecule has 0 radical (unpaired) electrons. The highest BCUT2D eigenvalue weighted by Crippen LogP contribution is 2.25. The number of hydrogen-bond acceptors (Lipinski definition) is 2. The monoisotopic (exact) mass is 227 g/mol. The summed E-state index contributed by atoms with van der Waals surface area (Å²) in [5.74, 6) is -5.48. The molecule has 0 aromatic heterocycles. The topological polar surface area (TPSA) is 37.4 Å². The molecule has 1 heterocycles. The molecule has 0 aliphatic carbocycles. The molecular formula is C10H4F3NO2. The summed E-state index contributed by atoms with van der Waals surface area (Å²) >= 11 is 0. The van der Waals surface area contributed by atoms with Crippen LogP contribution in [0.5, 0.6) is 0 Å². The summed E-state index contributed by atoms with van der Waals surface area (Å²) in [7, 11) is 0. The molecule has 0 saturated carbocycles. The summed E-state index contributed by atoms with van der Waals surface area (Å²) in [5, 5.41) is 0. The molecule has 0 atom stereocenters. The van der Waals surface area contributed by atoms with Gasteiger partial charge in [-0.05, 0) is 0 Å². The van der Waals surface area contributed by atoms with Crippen molar-refractivity contribution < 1.29 is 22.8 Å². The predicted octanol–water partition coefficient (Wildman–Crippen LogP) is 1.53. The van der Waals surface area contributed by atoms with Crippen LogP contribution in [-0.4, -0.2) is 11.8 Å². The summed E-state index contributed by atoms with van der Waals surface area (Å²) in [6, 6.07) is 0.747. The van der Waals surface area contributed by atoms with E-state index in [1.807, 2.05) is 0 Å². The molecule has 0 unspecified atom stereocenters. The Hall–Kier alpha value is -2.11. The quantitative estimate of drug-likeness (QED) is 0.539. The minimum absolute atomic E-state index is 0.281. The summed E-state index contributed by atoms with van der Waals surface area (Å²) in [4.78, 5) is 22.8. The second kappa shape index (κ2) is 3.48. The van der Waals surface area contributed by atoms with Crippen LogP contribution < -0.4 is 4.90 Å². The van der Waals surface area contributed by atoms with Gasteiger partial charge in [0.25, 0.3) is 11.8 Å². The molecule has 1 aliphatic heterocycles. The predicted molar refractivity (Wildman–Crippen MR) is 47.9 cm³/mol. The first-order chi connectivity index (χ1) is 7.50. The number of halogens is 3. The molecule has 82 valence electrons. The number of rotatable bonds is 1. The summed E-state index contributed by atoms with van der Waals surface area (Å²) in [6.45, 7) is 0. The van der Waals surface area contributed by atoms with Gasteiger partial charge in [0.2, 0.25) is 0 Å². The third-order valence-corrected chi connectivity index (χ3v) is 2.04. The van der Waals surface area contributed by atoms with E-state index in [4.69, 9.17) is 0 Å². The lowest BCUT2D eigenvalue weighted by molar-refractivity contribution is -0.120. The van der Waals surface area contributed by atoms with Crippen LogP contribution in [0.25, 0.3) is 0 Å². The van der Waals surface area contributed by atoms with Crippen LogP contribution in [0, 0.1) is 17.5 Å². The van der Waals surface area contributed by atoms with E-state index in [2.05, 4.69) is 0 Å². The van der Waals surface area contributed by atoms with Crippen LogP contribution in [-0.2, 0) is 9.59 Å². The first kappa shape index (κ1) is 10.4. The second-order valence-electron chi connectivity index (χ2n) is 3.06. The van der Waals surface area contributed by atoms with Gasteiger partial charge in [-0.2, -0.15) is 0 Å². The van der Waals surface area contributed by atoms with Gasteiger partial charge in [-0.15, -0.1) is 0 Å². The van der Waals surface area contributed by atoms with Gasteiger partial charge in [0.15, 0.2) is 17.5 Å². The number of anilines is 1. The van der Waals surface area contributed by atoms with E-state index < -0.39 is 35.0 Å². The van der Waals surface area contributed by atoms with Crippen molar-refractivity contribution in [3.05, 3.63) is 41.7 Å². The molecule has 2 rings (SSSR count). The van der Waals surface area contributed by atoms with Gasteiger partial charge in [-0.3, -0.25) is 9.59 Å². The Bertz CT molecular complexity index is 507. The van der Waals surface area contributed by atoms with E-state index in [1.54, 1.807) is 0 Å². The molecule has 0 bridgehead atoms. The first-order valence-corrected chi connectivity index (χ1v) is 4.21. The Labute approximate surface area is 87.8 Å². The molecule has 0 N–H and O–H groups in total. The minimum atomic E-state index is -1.38. The van der Waals surface area contributed by atoms with Gasteiger partial charge in [0, 0.05) is 24.3 Å². The van der Waals surface area contributed by atoms with Crippen molar-refractivity contribution in [3.8, 4) is 0 Å². The minimum Gasteiger partial charge on any atom is -0.269 e. The van der Waals surface area contributed by atoms with Gasteiger partial charge in [0.05, 0.1) is 5.69 Å². The fourth-order valence-corrected chi connectivity index (χ4v) is 1.32. The Morgan fingerprint density at radius 3 is 1.88 bits per heavy atom. The summed E-state index contributed by atoms with van der Waals surface area (Å²) < 4.78 is 38.7. The molecule has 3 nitrogen and oxygen atoms in total. The van der Waals surface area contributed by atoms with E-state index in [9.17, 15) is 22.8 Å². The zero-order valence-corrected chi connectivity index (χ0v) is 7.71. The summed E-state index contributed by atoms with van der Waals surface area (Å²) in [5.41, 5.74) is -0.598. The zero-order valence-electron chi connectivity index (χ0n) is 7.71. The molecule has 1 aliphatic rings. The highest BCUT2D eigenvalue weighted by atomic mass is 19.2. The highest BCUT2D eigenvalue weighted by Gasteiger charge is 2.28. The SMILES string of the molecule is O=C1C=CC(=O)N1c1cc(F)c(F)cc1F. The molecule has 0 spiro atoms. The van der Waals surface area contributed by atoms with Crippen molar-refractivity contribution in [1.82, 2.24) is 0 Å². The third-order valence-electron chi connectivity index (χ3n) is 2.04. The number of nitrogens with zero attached hydrogens (tertiary/aromatic N) is 1. The van der Waals surface area contributed by atoms with E-state index in [0.29, 0.717) is 11.0 Å². The molecule has 0 saturated heterocycles. The largest absolute Gasteiger partial charge is 0.269 e. The Balaban J connectivity index is 2.53. The van der Waals surface area contributed by atoms with E-state index in [1.165, 1.54) is 0 Å². The van der Waals surface area contributed by atoms with Crippen molar-refractivity contribution in [3.63, 3.8) is 0 Å². The molecule has 16 heavy (non-hydrogen) atoms. The number of benzene rings is 1. The lowest BCUT2D eigenvalue weighted by atomic mass is 10.2. The van der Waals surface area contributed by atoms with Gasteiger partial charge in [-0.25, -0.2) is 18.1 Å². The van der Waals surface area contributed by atoms with E-state index in [-0.39, 0.29) is 6.07 Å². The lowest BCUT2D eigenvalue weighted by Gasteiger charge is -2.14. The number of carbonyl (C=O) groups is 2. The standard InChI is InChI=1S/C10H4F3NO2/c11-5-3-7(13)8(4-6(5)12)14-9(15)1-2-10(14)16/h1-4H. The van der Waals surface area contributed by atoms with E-state index in [0.717, 1.165) is 12.2 Å². The van der Waals surface area contributed by atoms with Crippen LogP contribution in [0.15, 0.2) is 24.3 Å². The smallest absolute Gasteiger partial charge is 0.258 e. The Morgan fingerprint density at radius 1 is 0.812 bits per heavy atom. The number of imide groups is 1. The van der Waals surface area contributed by atoms with Gasteiger partial charge in [0.1, 0.15) is 0 Å². The number of amides is 2. The molecule has 0 fully saturated rings. The average molecular weight is 227 g/mol. The van der Waals surface area contributed by atoms with Crippen molar-refractivity contribution >= 4 is 17.5 Å². The zero-order chi connectivity index (χ0) is 11.9. The lowest BCUT2D eigenvalue weighted by Crippen LogP contribution is -2.30. The van der Waals surface area contributed by atoms with Crippen LogP contribution in [0.4, 0.5) is 18.9 Å². The summed E-state index contributed by atoms with van der Waals surface area (Å²) in [6.07, 6.45) is 1.84. The van der Waals surface area contributed by atoms with Crippen molar-refractivity contribution in [2.45, 2.75) is 0 Å². The van der Waals surface area contributed by atoms with Gasteiger partial charge < -0.3 is 0 Å². The normalized spacial score (nSPS) is 15.1. The highest BCUT2D eigenvalue weighted by molar-refractivity contribution is 6.28. The molecule has 6 heteroatoms. The van der Waals surface area contributed by atoms with Gasteiger partial charge in [-0.1, -0.05) is 0 Å². The van der Waals surface area contributed by atoms with Crippen molar-refractivity contribution in [1.29, 1.82) is 0 Å². The number of carbonyl (C=O) groups excluding carboxylic acids is 2. The van der Waals surface area contributed by atoms with Crippen LogP contribution >= 0.6 is 0 Å². The first-order valence-electron chi connectivity index (χ1n) is 4.21. The maximum absolute atomic E-state index is 13.2. The van der Waals surface area contributed by atoms with Crippen molar-refractivity contribution in [2.75, 3.05) is 4.90 Å². The maximum atomic E-state index is 13.2. The average Bonchev–Trinajstić information content (AvgIpc) is 2.53. The second-order valence-corrected chi connectivity index (χ2v) is 3.06. The van der Waals surface area contributed by atoms with Crippen LogP contribution in [0.1, 0.15) is 0 Å². The van der Waals surface area contributed by atoms with Crippen molar-refractivity contribution in [2.24, 2.45) is 0 Å². The van der Waals surface area contributed by atoms with Crippen LogP contribution in [0.3, 0.4) is 0 Å². The molecule has 2 amide bonds. The molecule has 1 aromatic rings. The van der Waals surface area contributed by atoms with Crippen LogP contribution in [0.2, 0.25) is 0 Å². The fraction of sp³-hybridized carbons (Fsp3) is 0. The Kier molecular flexibility index (Phi) is 2.26. The third kappa shape index (κ3) is 1.48. The van der Waals surface area contributed by atoms with E-state index >= 15 is 0 Å². The maximum Gasteiger partial charge on any atom is 0.258 e. The Morgan fingerprint density at radius 2 is 1.31 bits per heavy atom. The molecule has 1 aromatic carbocycles. The fourth-order valence-electron chi connectivity index (χ4n) is 1.32. The molecular weight excluding hydrogens is 223 g/mol. The number of hydrogen-bond donors (Lipinski definition) is 0. The van der Waals surface area contributed by atoms with Gasteiger partial charge >= 0.3 is 0 Å².